The number of carbonyl (C=O) groups is 3. The molecule has 0 N–H and O–H groups in total. The number of ether oxygens (including phenoxy) is 3. The summed E-state index contributed by atoms with van der Waals surface area (Å²) in [6.07, 6.45) is 85.6. The Kier molecular flexibility index (Phi) is 60.8. The lowest BCUT2D eigenvalue weighted by molar-refractivity contribution is -0.167. The minimum atomic E-state index is -0.785. The van der Waals surface area contributed by atoms with Gasteiger partial charge in [0.15, 0.2) is 6.10 Å². The largest absolute Gasteiger partial charge is 0.462 e. The van der Waals surface area contributed by atoms with Crippen molar-refractivity contribution in [1.29, 1.82) is 0 Å². The molecule has 0 aliphatic carbocycles. The second-order valence-corrected chi connectivity index (χ2v) is 21.3. The molecule has 1 atom stereocenters. The lowest BCUT2D eigenvalue weighted by atomic mass is 10.0. The average Bonchev–Trinajstić information content (AvgIpc) is 3.42. The highest BCUT2D eigenvalue weighted by molar-refractivity contribution is 5.71. The summed E-state index contributed by atoms with van der Waals surface area (Å²) >= 11 is 0. The molecule has 0 saturated heterocycles. The molecule has 0 aromatic carbocycles. The van der Waals surface area contributed by atoms with Gasteiger partial charge in [0.1, 0.15) is 13.2 Å². The fourth-order valence-electron chi connectivity index (χ4n) is 8.97. The zero-order chi connectivity index (χ0) is 55.0. The van der Waals surface area contributed by atoms with Crippen LogP contribution in [0.3, 0.4) is 0 Å². The van der Waals surface area contributed by atoms with Crippen molar-refractivity contribution in [2.24, 2.45) is 0 Å². The van der Waals surface area contributed by atoms with E-state index in [1.807, 2.05) is 0 Å². The number of rotatable bonds is 58. The van der Waals surface area contributed by atoms with Gasteiger partial charge in [-0.2, -0.15) is 0 Å². The first kappa shape index (κ1) is 72.3. The molecule has 0 saturated carbocycles. The fraction of sp³-hybridized carbons (Fsp3) is 0.729. The molecule has 0 fully saturated rings. The van der Waals surface area contributed by atoms with Crippen LogP contribution in [0.5, 0.6) is 0 Å². The van der Waals surface area contributed by atoms with Crippen molar-refractivity contribution in [2.45, 2.75) is 316 Å². The summed E-state index contributed by atoms with van der Waals surface area (Å²) in [5, 5.41) is 0. The molecular formula is C70H120O6. The molecule has 0 radical (unpaired) electrons. The predicted octanol–water partition coefficient (Wildman–Crippen LogP) is 22.0. The molecule has 6 nitrogen and oxygen atoms in total. The maximum atomic E-state index is 12.9. The van der Waals surface area contributed by atoms with E-state index in [0.29, 0.717) is 19.3 Å². The molecule has 76 heavy (non-hydrogen) atoms. The summed E-state index contributed by atoms with van der Waals surface area (Å²) in [6, 6.07) is 0. The van der Waals surface area contributed by atoms with E-state index < -0.39 is 6.10 Å². The quantitative estimate of drug-likeness (QED) is 0.0261. The molecule has 436 valence electrons. The topological polar surface area (TPSA) is 78.9 Å². The highest BCUT2D eigenvalue weighted by atomic mass is 16.6. The van der Waals surface area contributed by atoms with Gasteiger partial charge in [0.2, 0.25) is 0 Å². The Balaban J connectivity index is 4.21. The zero-order valence-corrected chi connectivity index (χ0v) is 50.0. The molecule has 1 unspecified atom stereocenters. The third kappa shape index (κ3) is 61.2. The average molecular weight is 1060 g/mol. The highest BCUT2D eigenvalue weighted by Crippen LogP contribution is 2.16. The van der Waals surface area contributed by atoms with Crippen molar-refractivity contribution in [1.82, 2.24) is 0 Å². The van der Waals surface area contributed by atoms with Crippen LogP contribution >= 0.6 is 0 Å². The highest BCUT2D eigenvalue weighted by Gasteiger charge is 2.19. The van der Waals surface area contributed by atoms with Gasteiger partial charge in [-0.05, 0) is 122 Å². The van der Waals surface area contributed by atoms with Crippen LogP contribution in [0.25, 0.3) is 0 Å². The predicted molar refractivity (Wildman–Crippen MR) is 330 cm³/mol. The summed E-state index contributed by atoms with van der Waals surface area (Å²) in [7, 11) is 0. The normalized spacial score (nSPS) is 12.7. The molecule has 0 heterocycles. The van der Waals surface area contributed by atoms with Gasteiger partial charge in [-0.1, -0.05) is 266 Å². The van der Waals surface area contributed by atoms with Crippen molar-refractivity contribution in [2.75, 3.05) is 13.2 Å². The van der Waals surface area contributed by atoms with Crippen molar-refractivity contribution in [3.63, 3.8) is 0 Å². The SMILES string of the molecule is CC/C=C\C/C=C\C/C=C\C/C=C\C/C=C\C/C=C\CCCCCCCCCCCCCCC(=O)OCC(COC(=O)CCCCCCC/C=C\CCCCC)OC(=O)CCCCCCC/C=C\CCCCCCCC. The molecule has 6 heteroatoms. The lowest BCUT2D eigenvalue weighted by Gasteiger charge is -2.18. The van der Waals surface area contributed by atoms with Gasteiger partial charge in [-0.3, -0.25) is 14.4 Å². The van der Waals surface area contributed by atoms with Crippen molar-refractivity contribution < 1.29 is 28.6 Å². The lowest BCUT2D eigenvalue weighted by Crippen LogP contribution is -2.30. The fourth-order valence-corrected chi connectivity index (χ4v) is 8.97. The van der Waals surface area contributed by atoms with Gasteiger partial charge in [0.25, 0.3) is 0 Å². The van der Waals surface area contributed by atoms with Gasteiger partial charge in [-0.15, -0.1) is 0 Å². The van der Waals surface area contributed by atoms with E-state index in [2.05, 4.69) is 118 Å². The van der Waals surface area contributed by atoms with Crippen LogP contribution in [0.1, 0.15) is 310 Å². The Morgan fingerprint density at radius 3 is 0.842 bits per heavy atom. The van der Waals surface area contributed by atoms with Crippen molar-refractivity contribution in [3.05, 3.63) is 97.2 Å². The van der Waals surface area contributed by atoms with E-state index in [4.69, 9.17) is 14.2 Å². The van der Waals surface area contributed by atoms with Crippen LogP contribution in [0, 0.1) is 0 Å². The Morgan fingerprint density at radius 1 is 0.276 bits per heavy atom. The second kappa shape index (κ2) is 63.9. The van der Waals surface area contributed by atoms with Crippen LogP contribution in [0.2, 0.25) is 0 Å². The minimum absolute atomic E-state index is 0.0826. The van der Waals surface area contributed by atoms with Gasteiger partial charge in [-0.25, -0.2) is 0 Å². The monoisotopic (exact) mass is 1060 g/mol. The zero-order valence-electron chi connectivity index (χ0n) is 50.0. The minimum Gasteiger partial charge on any atom is -0.462 e. The van der Waals surface area contributed by atoms with E-state index in [1.54, 1.807) is 0 Å². The van der Waals surface area contributed by atoms with E-state index in [-0.39, 0.29) is 31.1 Å². The Hall–Kier alpha value is -3.67. The molecule has 0 aromatic heterocycles. The van der Waals surface area contributed by atoms with Gasteiger partial charge < -0.3 is 14.2 Å². The molecular weight excluding hydrogens is 937 g/mol. The van der Waals surface area contributed by atoms with Crippen molar-refractivity contribution >= 4 is 17.9 Å². The molecule has 0 bridgehead atoms. The third-order valence-electron chi connectivity index (χ3n) is 13.8. The summed E-state index contributed by atoms with van der Waals surface area (Å²) in [6.45, 7) is 6.50. The summed E-state index contributed by atoms with van der Waals surface area (Å²) < 4.78 is 16.9. The second-order valence-electron chi connectivity index (χ2n) is 21.3. The van der Waals surface area contributed by atoms with Crippen LogP contribution in [-0.4, -0.2) is 37.2 Å². The van der Waals surface area contributed by atoms with Crippen molar-refractivity contribution in [3.8, 4) is 0 Å². The maximum Gasteiger partial charge on any atom is 0.306 e. The molecule has 0 aromatic rings. The van der Waals surface area contributed by atoms with Crippen LogP contribution in [0.4, 0.5) is 0 Å². The van der Waals surface area contributed by atoms with Gasteiger partial charge >= 0.3 is 17.9 Å². The first-order chi connectivity index (χ1) is 37.5. The summed E-state index contributed by atoms with van der Waals surface area (Å²) in [5.74, 6) is -0.893. The summed E-state index contributed by atoms with van der Waals surface area (Å²) in [4.78, 5) is 38.2. The Morgan fingerprint density at radius 2 is 0.513 bits per heavy atom. The van der Waals surface area contributed by atoms with Gasteiger partial charge in [0.05, 0.1) is 0 Å². The van der Waals surface area contributed by atoms with Gasteiger partial charge in [0, 0.05) is 19.3 Å². The molecule has 0 rings (SSSR count). The van der Waals surface area contributed by atoms with Crippen LogP contribution in [0.15, 0.2) is 97.2 Å². The molecule has 0 aliphatic rings. The molecule has 0 amide bonds. The Labute approximate surface area is 470 Å². The number of hydrogen-bond acceptors (Lipinski definition) is 6. The maximum absolute atomic E-state index is 12.9. The third-order valence-corrected chi connectivity index (χ3v) is 13.8. The number of carbonyl (C=O) groups excluding carboxylic acids is 3. The number of allylic oxidation sites excluding steroid dienone is 16. The first-order valence-corrected chi connectivity index (χ1v) is 32.2. The molecule has 0 aliphatic heterocycles. The molecule has 0 spiro atoms. The number of esters is 3. The van der Waals surface area contributed by atoms with E-state index in [0.717, 1.165) is 116 Å². The van der Waals surface area contributed by atoms with E-state index in [9.17, 15) is 14.4 Å². The number of hydrogen-bond donors (Lipinski definition) is 0. The van der Waals surface area contributed by atoms with Crippen LogP contribution < -0.4 is 0 Å². The first-order valence-electron chi connectivity index (χ1n) is 32.2. The Bertz CT molecular complexity index is 1490. The van der Waals surface area contributed by atoms with E-state index >= 15 is 0 Å². The smallest absolute Gasteiger partial charge is 0.306 e. The number of unbranched alkanes of at least 4 members (excludes halogenated alkanes) is 31. The van der Waals surface area contributed by atoms with Crippen LogP contribution in [-0.2, 0) is 28.6 Å². The standard InChI is InChI=1S/C70H120O6/c1-4-7-10-13-16-19-22-25-27-28-29-30-31-32-33-34-35-36-37-38-39-40-41-42-44-45-48-51-54-57-60-63-69(72)75-66-67(65-74-68(71)62-59-56-53-50-47-24-21-18-15-12-9-6-3)76-70(73)64-61-58-55-52-49-46-43-26-23-20-17-14-11-8-5-2/h7,10,16,18-19,21,25-27,29-30,32-33,35-36,43,67H,4-6,8-9,11-15,17,20,22-24,28,31,34,37-42,44-66H2,1-3H3/b10-7-,19-16-,21-18-,27-25-,30-29-,33-32-,36-35-,43-26-. The summed E-state index contributed by atoms with van der Waals surface area (Å²) in [5.41, 5.74) is 0. The van der Waals surface area contributed by atoms with E-state index in [1.165, 1.54) is 154 Å².